The Morgan fingerprint density at radius 1 is 1.15 bits per heavy atom. The lowest BCUT2D eigenvalue weighted by Gasteiger charge is -2.11. The summed E-state index contributed by atoms with van der Waals surface area (Å²) in [5.74, 6) is -1.58. The number of hydrogen-bond donors (Lipinski definition) is 2. The molecule has 1 atom stereocenters. The monoisotopic (exact) mass is 349 g/mol. The molecule has 0 aromatic heterocycles. The third kappa shape index (κ3) is 3.77. The molecule has 0 radical (unpaired) electrons. The zero-order chi connectivity index (χ0) is 18.5. The summed E-state index contributed by atoms with van der Waals surface area (Å²) in [4.78, 5) is 26.4. The van der Waals surface area contributed by atoms with Crippen molar-refractivity contribution < 1.29 is 9.59 Å². The molecule has 0 bridgehead atoms. The molecule has 0 fully saturated rings. The Morgan fingerprint density at radius 3 is 2.50 bits per heavy atom. The van der Waals surface area contributed by atoms with E-state index in [9.17, 15) is 9.59 Å². The van der Waals surface area contributed by atoms with E-state index in [1.54, 1.807) is 18.3 Å². The highest BCUT2D eigenvalue weighted by molar-refractivity contribution is 6.46. The zero-order valence-corrected chi connectivity index (χ0v) is 14.5. The molecule has 2 amide bonds. The van der Waals surface area contributed by atoms with Gasteiger partial charge in [0.25, 0.3) is 11.8 Å². The van der Waals surface area contributed by atoms with Crippen LogP contribution >= 0.6 is 0 Å². The summed E-state index contributed by atoms with van der Waals surface area (Å²) >= 11 is 0. The quantitative estimate of drug-likeness (QED) is 0.633. The summed E-state index contributed by atoms with van der Waals surface area (Å²) in [7, 11) is 3.92. The maximum atomic E-state index is 12.4. The number of anilines is 1. The van der Waals surface area contributed by atoms with Gasteiger partial charge < -0.3 is 4.90 Å². The van der Waals surface area contributed by atoms with Crippen molar-refractivity contribution in [2.75, 3.05) is 19.0 Å². The van der Waals surface area contributed by atoms with Gasteiger partial charge in [-0.1, -0.05) is 42.5 Å². The van der Waals surface area contributed by atoms with Crippen molar-refractivity contribution in [1.29, 1.82) is 0 Å². The van der Waals surface area contributed by atoms with Crippen molar-refractivity contribution in [1.82, 2.24) is 10.9 Å². The van der Waals surface area contributed by atoms with Crippen molar-refractivity contribution in [2.45, 2.75) is 5.92 Å². The molecule has 7 nitrogen and oxygen atoms in total. The van der Waals surface area contributed by atoms with Crippen LogP contribution in [0.4, 0.5) is 5.69 Å². The Balaban J connectivity index is 1.66. The highest BCUT2D eigenvalue weighted by Gasteiger charge is 2.35. The number of nitrogens with zero attached hydrogens (tertiary/aromatic N) is 3. The molecule has 3 rings (SSSR count). The van der Waals surface area contributed by atoms with E-state index in [0.717, 1.165) is 11.3 Å². The standard InChI is InChI=1S/C19H19N5O2/c1-24(2)15-10-8-13(9-11-15)12-20-22-19(26)17-16(18(25)23-21-17)14-6-4-3-5-7-14/h3-12,16H,1-2H3,(H,22,26)(H,23,25)/b20-12-/t16-/m1/s1. The second-order valence-corrected chi connectivity index (χ2v) is 6.00. The minimum Gasteiger partial charge on any atom is -0.378 e. The molecule has 1 aliphatic rings. The van der Waals surface area contributed by atoms with Crippen LogP contribution < -0.4 is 15.8 Å². The predicted octanol–water partition coefficient (Wildman–Crippen LogP) is 1.47. The fraction of sp³-hybridized carbons (Fsp3) is 0.158. The smallest absolute Gasteiger partial charge is 0.288 e. The Bertz CT molecular complexity index is 857. The van der Waals surface area contributed by atoms with Gasteiger partial charge in [0.2, 0.25) is 0 Å². The van der Waals surface area contributed by atoms with E-state index >= 15 is 0 Å². The molecule has 0 aliphatic carbocycles. The Hall–Kier alpha value is -3.48. The number of amides is 2. The molecule has 7 heteroatoms. The number of hydrogen-bond acceptors (Lipinski definition) is 5. The van der Waals surface area contributed by atoms with Crippen molar-refractivity contribution in [2.24, 2.45) is 10.2 Å². The third-order valence-electron chi connectivity index (χ3n) is 3.98. The highest BCUT2D eigenvalue weighted by atomic mass is 16.2. The Labute approximate surface area is 151 Å². The summed E-state index contributed by atoms with van der Waals surface area (Å²) in [6, 6.07) is 16.8. The van der Waals surface area contributed by atoms with Crippen LogP contribution in [0.25, 0.3) is 0 Å². The Morgan fingerprint density at radius 2 is 1.85 bits per heavy atom. The first-order valence-electron chi connectivity index (χ1n) is 8.09. The van der Waals surface area contributed by atoms with Crippen LogP contribution in [-0.2, 0) is 9.59 Å². The normalized spacial score (nSPS) is 16.3. The first kappa shape index (κ1) is 17.3. The summed E-state index contributed by atoms with van der Waals surface area (Å²) in [5, 5.41) is 7.81. The Kier molecular flexibility index (Phi) is 5.07. The molecule has 0 saturated heterocycles. The molecule has 1 aliphatic heterocycles. The van der Waals surface area contributed by atoms with Crippen LogP contribution in [0.2, 0.25) is 0 Å². The van der Waals surface area contributed by atoms with Crippen LogP contribution in [-0.4, -0.2) is 37.8 Å². The van der Waals surface area contributed by atoms with Gasteiger partial charge in [0.05, 0.1) is 6.21 Å². The maximum Gasteiger partial charge on any atom is 0.288 e. The highest BCUT2D eigenvalue weighted by Crippen LogP contribution is 2.21. The van der Waals surface area contributed by atoms with E-state index in [-0.39, 0.29) is 11.6 Å². The molecule has 132 valence electrons. The van der Waals surface area contributed by atoms with Crippen LogP contribution in [0, 0.1) is 0 Å². The lowest BCUT2D eigenvalue weighted by Crippen LogP contribution is -2.32. The lowest BCUT2D eigenvalue weighted by atomic mass is 9.94. The van der Waals surface area contributed by atoms with Crippen LogP contribution in [0.3, 0.4) is 0 Å². The molecule has 26 heavy (non-hydrogen) atoms. The minimum absolute atomic E-state index is 0.0984. The number of carbonyl (C=O) groups is 2. The van der Waals surface area contributed by atoms with E-state index in [2.05, 4.69) is 21.1 Å². The van der Waals surface area contributed by atoms with Gasteiger partial charge >= 0.3 is 0 Å². The number of rotatable bonds is 5. The number of nitrogens with one attached hydrogen (secondary N) is 2. The van der Waals surface area contributed by atoms with Crippen molar-refractivity contribution in [3.8, 4) is 0 Å². The number of carbonyl (C=O) groups excluding carboxylic acids is 2. The average molecular weight is 349 g/mol. The van der Waals surface area contributed by atoms with Gasteiger partial charge in [-0.3, -0.25) is 9.59 Å². The first-order chi connectivity index (χ1) is 12.6. The van der Waals surface area contributed by atoms with E-state index in [1.807, 2.05) is 61.5 Å². The summed E-state index contributed by atoms with van der Waals surface area (Å²) < 4.78 is 0. The molecule has 0 saturated carbocycles. The molecule has 2 N–H and O–H groups in total. The molecular weight excluding hydrogens is 330 g/mol. The second kappa shape index (κ2) is 7.60. The second-order valence-electron chi connectivity index (χ2n) is 6.00. The van der Waals surface area contributed by atoms with Crippen LogP contribution in [0.5, 0.6) is 0 Å². The summed E-state index contributed by atoms with van der Waals surface area (Å²) in [6.07, 6.45) is 1.54. The fourth-order valence-electron chi connectivity index (χ4n) is 2.59. The lowest BCUT2D eigenvalue weighted by molar-refractivity contribution is -0.121. The first-order valence-corrected chi connectivity index (χ1v) is 8.09. The zero-order valence-electron chi connectivity index (χ0n) is 14.5. The number of hydrazone groups is 2. The largest absolute Gasteiger partial charge is 0.378 e. The molecule has 2 aromatic carbocycles. The fourth-order valence-corrected chi connectivity index (χ4v) is 2.59. The van der Waals surface area contributed by atoms with Gasteiger partial charge in [0, 0.05) is 19.8 Å². The van der Waals surface area contributed by atoms with Gasteiger partial charge in [-0.05, 0) is 23.3 Å². The molecule has 0 unspecified atom stereocenters. The molecule has 0 spiro atoms. The maximum absolute atomic E-state index is 12.4. The SMILES string of the molecule is CN(C)c1ccc(/C=N\NC(=O)C2=NNC(=O)[C@@H]2c2ccccc2)cc1. The summed E-state index contributed by atoms with van der Waals surface area (Å²) in [6.45, 7) is 0. The van der Waals surface area contributed by atoms with Crippen LogP contribution in [0.1, 0.15) is 17.0 Å². The molecule has 2 aromatic rings. The van der Waals surface area contributed by atoms with Gasteiger partial charge in [-0.15, -0.1) is 0 Å². The van der Waals surface area contributed by atoms with Crippen molar-refractivity contribution >= 4 is 29.4 Å². The van der Waals surface area contributed by atoms with Crippen molar-refractivity contribution in [3.63, 3.8) is 0 Å². The molecular formula is C19H19N5O2. The average Bonchev–Trinajstić information content (AvgIpc) is 3.04. The predicted molar refractivity (Wildman–Crippen MR) is 101 cm³/mol. The van der Waals surface area contributed by atoms with E-state index in [4.69, 9.17) is 0 Å². The summed E-state index contributed by atoms with van der Waals surface area (Å²) in [5.41, 5.74) is 7.51. The number of benzene rings is 2. The van der Waals surface area contributed by atoms with E-state index < -0.39 is 11.8 Å². The van der Waals surface area contributed by atoms with Gasteiger partial charge in [-0.25, -0.2) is 10.9 Å². The van der Waals surface area contributed by atoms with E-state index in [0.29, 0.717) is 5.56 Å². The third-order valence-corrected chi connectivity index (χ3v) is 3.98. The van der Waals surface area contributed by atoms with Gasteiger partial charge in [0.15, 0.2) is 0 Å². The minimum atomic E-state index is -0.731. The van der Waals surface area contributed by atoms with E-state index in [1.165, 1.54) is 0 Å². The molecule has 1 heterocycles. The topological polar surface area (TPSA) is 86.2 Å². The van der Waals surface area contributed by atoms with Crippen molar-refractivity contribution in [3.05, 3.63) is 65.7 Å². The van der Waals surface area contributed by atoms with Gasteiger partial charge in [-0.2, -0.15) is 10.2 Å². The van der Waals surface area contributed by atoms with Crippen LogP contribution in [0.15, 0.2) is 64.8 Å². The van der Waals surface area contributed by atoms with Gasteiger partial charge in [0.1, 0.15) is 11.6 Å².